The zero-order valence-corrected chi connectivity index (χ0v) is 18.0. The summed E-state index contributed by atoms with van der Waals surface area (Å²) >= 11 is 0. The molecule has 2 N–H and O–H groups in total. The zero-order chi connectivity index (χ0) is 22.4. The number of nitrogens with one attached hydrogen (secondary N) is 2. The molecule has 163 valence electrons. The number of carbonyl (C=O) groups is 1. The van der Waals surface area contributed by atoms with Crippen LogP contribution in [0.5, 0.6) is 0 Å². The van der Waals surface area contributed by atoms with E-state index >= 15 is 0 Å². The first kappa shape index (κ1) is 22.5. The number of hydrogen-bond donors (Lipinski definition) is 1. The molecule has 0 aliphatic carbocycles. The molecule has 0 saturated carbocycles. The Hall–Kier alpha value is -3.22. The predicted molar refractivity (Wildman–Crippen MR) is 116 cm³/mol. The van der Waals surface area contributed by atoms with Crippen LogP contribution in [0.4, 0.5) is 11.8 Å². The number of amides is 1. The van der Waals surface area contributed by atoms with Crippen molar-refractivity contribution in [3.63, 3.8) is 0 Å². The maximum Gasteiger partial charge on any atom is 0.242 e. The fraction of sp³-hybridized carbons (Fsp3) is 0.455. The SMILES string of the molecule is CC(C)(C)OC(CC([NH])=O)Nc1nc(-c2ccc(C#N)cc2)cc(N2CCOCC2)n1. The average Bonchev–Trinajstić information content (AvgIpc) is 2.72. The molecule has 9 heteroatoms. The molecule has 31 heavy (non-hydrogen) atoms. The number of anilines is 2. The smallest absolute Gasteiger partial charge is 0.242 e. The van der Waals surface area contributed by atoms with Crippen molar-refractivity contribution in [2.45, 2.75) is 39.0 Å². The molecule has 1 saturated heterocycles. The summed E-state index contributed by atoms with van der Waals surface area (Å²) in [4.78, 5) is 22.8. The van der Waals surface area contributed by atoms with Crippen molar-refractivity contribution in [3.05, 3.63) is 35.9 Å². The Morgan fingerprint density at radius 3 is 2.55 bits per heavy atom. The molecule has 1 aliphatic rings. The molecule has 1 unspecified atom stereocenters. The highest BCUT2D eigenvalue weighted by Gasteiger charge is 2.23. The monoisotopic (exact) mass is 423 g/mol. The van der Waals surface area contributed by atoms with Gasteiger partial charge in [-0.05, 0) is 32.9 Å². The third kappa shape index (κ3) is 6.64. The van der Waals surface area contributed by atoms with E-state index in [0.717, 1.165) is 11.4 Å². The molecular formula is C22H27N6O3. The number of carbonyl (C=O) groups excluding carboxylic acids is 1. The quantitative estimate of drug-likeness (QED) is 0.674. The number of ether oxygens (including phenoxy) is 2. The Balaban J connectivity index is 1.96. The first-order valence-corrected chi connectivity index (χ1v) is 10.1. The van der Waals surface area contributed by atoms with Gasteiger partial charge in [-0.25, -0.2) is 4.98 Å². The molecule has 1 aliphatic heterocycles. The van der Waals surface area contributed by atoms with E-state index in [1.807, 2.05) is 39.0 Å². The van der Waals surface area contributed by atoms with E-state index in [2.05, 4.69) is 26.3 Å². The van der Waals surface area contributed by atoms with E-state index in [1.165, 1.54) is 0 Å². The number of nitriles is 1. The van der Waals surface area contributed by atoms with Crippen LogP contribution in [-0.2, 0) is 14.3 Å². The number of nitrogens with zero attached hydrogens (tertiary/aromatic N) is 4. The lowest BCUT2D eigenvalue weighted by Crippen LogP contribution is -2.37. The van der Waals surface area contributed by atoms with Crippen LogP contribution in [0.15, 0.2) is 30.3 Å². The molecule has 0 bridgehead atoms. The number of benzene rings is 1. The number of morpholine rings is 1. The molecule has 1 fully saturated rings. The molecule has 3 rings (SSSR count). The van der Waals surface area contributed by atoms with Crippen molar-refractivity contribution >= 4 is 17.7 Å². The predicted octanol–water partition coefficient (Wildman–Crippen LogP) is 2.60. The van der Waals surface area contributed by atoms with Gasteiger partial charge in [-0.1, -0.05) is 12.1 Å². The standard InChI is InChI=1S/C22H27N6O3/c1-22(2,3)31-20(13-18(24)29)27-21-25-17(16-6-4-15(14-23)5-7-16)12-19(26-21)28-8-10-30-11-9-28/h4-7,12,20,24H,8-11,13H2,1-3H3,(H,25,26,27). The van der Waals surface area contributed by atoms with Crippen LogP contribution in [0.3, 0.4) is 0 Å². The molecule has 0 spiro atoms. The van der Waals surface area contributed by atoms with Crippen molar-refractivity contribution < 1.29 is 14.3 Å². The molecule has 1 amide bonds. The van der Waals surface area contributed by atoms with Gasteiger partial charge < -0.3 is 19.7 Å². The molecule has 1 aromatic carbocycles. The summed E-state index contributed by atoms with van der Waals surface area (Å²) in [6.45, 7) is 8.27. The van der Waals surface area contributed by atoms with Crippen LogP contribution in [0.1, 0.15) is 32.8 Å². The fourth-order valence-corrected chi connectivity index (χ4v) is 3.18. The topological polar surface area (TPSA) is 124 Å². The van der Waals surface area contributed by atoms with Crippen LogP contribution in [0, 0.1) is 11.3 Å². The van der Waals surface area contributed by atoms with Crippen molar-refractivity contribution in [3.8, 4) is 17.3 Å². The van der Waals surface area contributed by atoms with Gasteiger partial charge in [-0.15, -0.1) is 0 Å². The molecular weight excluding hydrogens is 396 g/mol. The van der Waals surface area contributed by atoms with Crippen LogP contribution in [0.25, 0.3) is 11.3 Å². The highest BCUT2D eigenvalue weighted by Crippen LogP contribution is 2.25. The summed E-state index contributed by atoms with van der Waals surface area (Å²) in [5.74, 6) is 0.295. The Morgan fingerprint density at radius 2 is 1.97 bits per heavy atom. The molecule has 1 aromatic heterocycles. The molecule has 1 radical (unpaired) electrons. The second-order valence-electron chi connectivity index (χ2n) is 8.21. The molecule has 9 nitrogen and oxygen atoms in total. The van der Waals surface area contributed by atoms with E-state index in [9.17, 15) is 4.79 Å². The normalized spacial score (nSPS) is 15.2. The Bertz CT molecular complexity index is 943. The Labute approximate surface area is 182 Å². The number of hydrogen-bond acceptors (Lipinski definition) is 8. The number of aromatic nitrogens is 2. The third-order valence-electron chi connectivity index (χ3n) is 4.51. The highest BCUT2D eigenvalue weighted by molar-refractivity contribution is 5.74. The lowest BCUT2D eigenvalue weighted by Gasteiger charge is -2.30. The largest absolute Gasteiger partial charge is 0.378 e. The zero-order valence-electron chi connectivity index (χ0n) is 18.0. The lowest BCUT2D eigenvalue weighted by atomic mass is 10.1. The van der Waals surface area contributed by atoms with E-state index in [-0.39, 0.29) is 6.42 Å². The maximum absolute atomic E-state index is 11.5. The van der Waals surface area contributed by atoms with E-state index in [0.29, 0.717) is 43.5 Å². The summed E-state index contributed by atoms with van der Waals surface area (Å²) in [5.41, 5.74) is 8.91. The summed E-state index contributed by atoms with van der Waals surface area (Å²) < 4.78 is 11.4. The van der Waals surface area contributed by atoms with Gasteiger partial charge in [0, 0.05) is 24.7 Å². The minimum absolute atomic E-state index is 0.130. The average molecular weight is 423 g/mol. The van der Waals surface area contributed by atoms with Crippen molar-refractivity contribution in [2.24, 2.45) is 0 Å². The lowest BCUT2D eigenvalue weighted by molar-refractivity contribution is -0.123. The van der Waals surface area contributed by atoms with Gasteiger partial charge in [0.05, 0.1) is 42.6 Å². The van der Waals surface area contributed by atoms with Crippen molar-refractivity contribution in [1.29, 1.82) is 5.26 Å². The summed E-state index contributed by atoms with van der Waals surface area (Å²) in [5, 5.41) is 12.1. The Morgan fingerprint density at radius 1 is 1.29 bits per heavy atom. The third-order valence-corrected chi connectivity index (χ3v) is 4.51. The summed E-state index contributed by atoms with van der Waals surface area (Å²) in [7, 11) is 0. The van der Waals surface area contributed by atoms with Gasteiger partial charge in [0.25, 0.3) is 0 Å². The first-order chi connectivity index (χ1) is 14.7. The highest BCUT2D eigenvalue weighted by atomic mass is 16.5. The summed E-state index contributed by atoms with van der Waals surface area (Å²) in [6.07, 6.45) is -0.868. The Kier molecular flexibility index (Phi) is 7.05. The minimum Gasteiger partial charge on any atom is -0.378 e. The molecule has 2 aromatic rings. The minimum atomic E-state index is -0.738. The fourth-order valence-electron chi connectivity index (χ4n) is 3.18. The van der Waals surface area contributed by atoms with Gasteiger partial charge in [0.2, 0.25) is 11.9 Å². The molecule has 2 heterocycles. The van der Waals surface area contributed by atoms with Crippen molar-refractivity contribution in [1.82, 2.24) is 15.7 Å². The molecule has 1 atom stereocenters. The van der Waals surface area contributed by atoms with Crippen LogP contribution in [0.2, 0.25) is 0 Å². The summed E-state index contributed by atoms with van der Waals surface area (Å²) in [6, 6.07) is 11.2. The number of rotatable bonds is 7. The van der Waals surface area contributed by atoms with Gasteiger partial charge in [0.15, 0.2) is 0 Å². The second kappa shape index (κ2) is 9.73. The van der Waals surface area contributed by atoms with Crippen LogP contribution in [-0.4, -0.2) is 54.0 Å². The van der Waals surface area contributed by atoms with Gasteiger partial charge in [0.1, 0.15) is 12.0 Å². The van der Waals surface area contributed by atoms with Gasteiger partial charge in [-0.3, -0.25) is 10.5 Å². The van der Waals surface area contributed by atoms with Gasteiger partial charge >= 0.3 is 0 Å². The first-order valence-electron chi connectivity index (χ1n) is 10.1. The van der Waals surface area contributed by atoms with Crippen molar-refractivity contribution in [2.75, 3.05) is 36.5 Å². The van der Waals surface area contributed by atoms with E-state index < -0.39 is 17.7 Å². The van der Waals surface area contributed by atoms with Crippen LogP contribution < -0.4 is 16.0 Å². The van der Waals surface area contributed by atoms with Gasteiger partial charge in [-0.2, -0.15) is 10.2 Å². The second-order valence-corrected chi connectivity index (χ2v) is 8.21. The van der Waals surface area contributed by atoms with Crippen LogP contribution >= 0.6 is 0 Å². The van der Waals surface area contributed by atoms with E-state index in [1.54, 1.807) is 12.1 Å². The van der Waals surface area contributed by atoms with E-state index in [4.69, 9.17) is 20.5 Å². The maximum atomic E-state index is 11.5.